The van der Waals surface area contributed by atoms with Crippen LogP contribution in [0.4, 0.5) is 5.82 Å². The first-order chi connectivity index (χ1) is 5.75. The molecule has 0 aliphatic carbocycles. The summed E-state index contributed by atoms with van der Waals surface area (Å²) >= 11 is 6.44. The normalized spacial score (nSPS) is 15.2. The topological polar surface area (TPSA) is 44.9 Å². The second-order valence-electron chi connectivity index (χ2n) is 2.40. The predicted octanol–water partition coefficient (Wildman–Crippen LogP) is 1.79. The lowest BCUT2D eigenvalue weighted by Gasteiger charge is -2.14. The van der Waals surface area contributed by atoms with Crippen molar-refractivity contribution in [3.05, 3.63) is 16.8 Å². The number of aromatic nitrogens is 1. The van der Waals surface area contributed by atoms with Crippen LogP contribution in [0.15, 0.2) is 17.0 Å². The Morgan fingerprint density at radius 2 is 2.33 bits per heavy atom. The summed E-state index contributed by atoms with van der Waals surface area (Å²) in [5, 5.41) is 2.72. The lowest BCUT2D eigenvalue weighted by Crippen LogP contribution is -2.19. The number of amides is 1. The minimum Gasteiger partial charge on any atom is -0.332 e. The number of thioether (sulfide) groups is 1. The quantitative estimate of drug-likeness (QED) is 0.625. The van der Waals surface area contributed by atoms with Crippen molar-refractivity contribution >= 4 is 35.7 Å². The molecule has 62 valence electrons. The largest absolute Gasteiger partial charge is 0.332 e. The average Bonchev–Trinajstić information content (AvgIpc) is 2.03. The maximum Gasteiger partial charge on any atom is 0.235 e. The highest BCUT2D eigenvalue weighted by atomic mass is 32.2. The molecule has 0 saturated heterocycles. The maximum absolute atomic E-state index is 11.0. The van der Waals surface area contributed by atoms with Crippen LogP contribution in [0.1, 0.15) is 0 Å². The number of carbonyl (C=O) groups is 1. The zero-order chi connectivity index (χ0) is 8.55. The van der Waals surface area contributed by atoms with Crippen molar-refractivity contribution in [1.29, 1.82) is 0 Å². The van der Waals surface area contributed by atoms with Crippen molar-refractivity contribution in [2.24, 2.45) is 0 Å². The second kappa shape index (κ2) is 2.91. The van der Waals surface area contributed by atoms with Gasteiger partial charge in [0, 0.05) is 4.90 Å². The van der Waals surface area contributed by atoms with Gasteiger partial charge in [0.1, 0.15) is 10.5 Å². The molecule has 0 radical (unpaired) electrons. The summed E-state index contributed by atoms with van der Waals surface area (Å²) in [6.07, 6.45) is 0. The lowest BCUT2D eigenvalue weighted by atomic mass is 10.4. The molecule has 0 bridgehead atoms. The van der Waals surface area contributed by atoms with Gasteiger partial charge in [-0.2, -0.15) is 0 Å². The number of rotatable bonds is 0. The Morgan fingerprint density at radius 3 is 3.17 bits per heavy atom. The van der Waals surface area contributed by atoms with E-state index in [1.165, 1.54) is 11.8 Å². The van der Waals surface area contributed by atoms with E-state index >= 15 is 0 Å². The number of hydrogen-bond acceptors (Lipinski definition) is 3. The van der Waals surface area contributed by atoms with Gasteiger partial charge < -0.3 is 10.3 Å². The third kappa shape index (κ3) is 1.37. The van der Waals surface area contributed by atoms with Crippen LogP contribution in [0, 0.1) is 4.64 Å². The molecule has 1 amide bonds. The minimum absolute atomic E-state index is 0.0179. The molecule has 2 heterocycles. The second-order valence-corrected chi connectivity index (χ2v) is 3.86. The van der Waals surface area contributed by atoms with E-state index in [2.05, 4.69) is 10.3 Å². The fourth-order valence-electron chi connectivity index (χ4n) is 0.993. The van der Waals surface area contributed by atoms with Crippen molar-refractivity contribution in [3.8, 4) is 0 Å². The predicted molar refractivity (Wildman–Crippen MR) is 51.0 cm³/mol. The van der Waals surface area contributed by atoms with Crippen molar-refractivity contribution in [3.63, 3.8) is 0 Å². The number of H-pyrrole nitrogens is 1. The summed E-state index contributed by atoms with van der Waals surface area (Å²) in [6, 6.07) is 3.73. The highest BCUT2D eigenvalue weighted by Gasteiger charge is 2.14. The molecule has 1 aliphatic rings. The van der Waals surface area contributed by atoms with Gasteiger partial charge in [0.25, 0.3) is 0 Å². The molecular formula is C7H6N2OS2. The summed E-state index contributed by atoms with van der Waals surface area (Å²) < 4.78 is 0.636. The van der Waals surface area contributed by atoms with Crippen LogP contribution >= 0.6 is 24.0 Å². The van der Waals surface area contributed by atoms with E-state index < -0.39 is 0 Å². The van der Waals surface area contributed by atoms with E-state index in [4.69, 9.17) is 12.2 Å². The Morgan fingerprint density at radius 1 is 1.50 bits per heavy atom. The summed E-state index contributed by atoms with van der Waals surface area (Å²) in [4.78, 5) is 14.9. The van der Waals surface area contributed by atoms with Gasteiger partial charge in [-0.15, -0.1) is 11.8 Å². The number of pyridine rings is 1. The number of hydrogen-bond donors (Lipinski definition) is 2. The van der Waals surface area contributed by atoms with Gasteiger partial charge in [-0.05, 0) is 12.1 Å². The molecule has 12 heavy (non-hydrogen) atoms. The Labute approximate surface area is 78.6 Å². The maximum atomic E-state index is 11.0. The van der Waals surface area contributed by atoms with Crippen molar-refractivity contribution in [1.82, 2.24) is 4.98 Å². The molecular weight excluding hydrogens is 192 g/mol. The number of fused-ring (bicyclic) bond motifs is 1. The molecule has 0 unspecified atom stereocenters. The summed E-state index contributed by atoms with van der Waals surface area (Å²) in [5.41, 5.74) is 0. The summed E-state index contributed by atoms with van der Waals surface area (Å²) in [6.45, 7) is 0. The number of carbonyl (C=O) groups excluding carboxylic acids is 1. The highest BCUT2D eigenvalue weighted by Crippen LogP contribution is 2.28. The molecule has 1 aromatic heterocycles. The van der Waals surface area contributed by atoms with Gasteiger partial charge in [-0.1, -0.05) is 12.2 Å². The third-order valence-corrected chi connectivity index (χ3v) is 2.80. The number of aromatic amines is 1. The van der Waals surface area contributed by atoms with Crippen molar-refractivity contribution in [2.75, 3.05) is 11.1 Å². The van der Waals surface area contributed by atoms with Crippen LogP contribution in [-0.4, -0.2) is 16.6 Å². The van der Waals surface area contributed by atoms with E-state index in [0.717, 1.165) is 10.7 Å². The Balaban J connectivity index is 2.50. The molecule has 0 spiro atoms. The van der Waals surface area contributed by atoms with E-state index in [1.807, 2.05) is 12.1 Å². The molecule has 5 heteroatoms. The fourth-order valence-corrected chi connectivity index (χ4v) is 1.93. The van der Waals surface area contributed by atoms with Crippen molar-refractivity contribution < 1.29 is 4.79 Å². The molecule has 0 aromatic carbocycles. The summed E-state index contributed by atoms with van der Waals surface area (Å²) in [7, 11) is 0. The van der Waals surface area contributed by atoms with E-state index in [0.29, 0.717) is 10.4 Å². The van der Waals surface area contributed by atoms with Crippen LogP contribution in [0.25, 0.3) is 0 Å². The third-order valence-electron chi connectivity index (χ3n) is 1.50. The first kappa shape index (κ1) is 7.82. The van der Waals surface area contributed by atoms with E-state index in [1.54, 1.807) is 0 Å². The van der Waals surface area contributed by atoms with Crippen LogP contribution in [0.5, 0.6) is 0 Å². The van der Waals surface area contributed by atoms with Gasteiger partial charge in [-0.3, -0.25) is 4.79 Å². The van der Waals surface area contributed by atoms with Gasteiger partial charge in [0.2, 0.25) is 5.91 Å². The highest BCUT2D eigenvalue weighted by molar-refractivity contribution is 8.00. The Kier molecular flexibility index (Phi) is 1.90. The monoisotopic (exact) mass is 198 g/mol. The Hall–Kier alpha value is -0.810. The van der Waals surface area contributed by atoms with Gasteiger partial charge in [0.15, 0.2) is 0 Å². The summed E-state index contributed by atoms with van der Waals surface area (Å²) in [5.74, 6) is 1.23. The first-order valence-electron chi connectivity index (χ1n) is 3.42. The molecule has 0 atom stereocenters. The van der Waals surface area contributed by atoms with Crippen LogP contribution < -0.4 is 5.32 Å². The molecule has 2 N–H and O–H groups in total. The van der Waals surface area contributed by atoms with Crippen LogP contribution in [-0.2, 0) is 4.79 Å². The molecule has 2 rings (SSSR count). The van der Waals surface area contributed by atoms with Gasteiger partial charge in [-0.25, -0.2) is 0 Å². The molecule has 3 nitrogen and oxygen atoms in total. The van der Waals surface area contributed by atoms with Gasteiger partial charge >= 0.3 is 0 Å². The molecule has 1 aliphatic heterocycles. The van der Waals surface area contributed by atoms with E-state index in [-0.39, 0.29) is 5.91 Å². The fraction of sp³-hybridized carbons (Fsp3) is 0.143. The molecule has 0 saturated carbocycles. The standard InChI is InChI=1S/C7H6N2OS2/c10-5-3-12-4-1-2-6(11)9-7(4)8-5/h1-2H,3H2,(H2,8,9,10,11). The molecule has 1 aromatic rings. The van der Waals surface area contributed by atoms with Crippen LogP contribution in [0.2, 0.25) is 0 Å². The average molecular weight is 198 g/mol. The number of anilines is 1. The Bertz CT molecular complexity index is 385. The van der Waals surface area contributed by atoms with Gasteiger partial charge in [0.05, 0.1) is 5.75 Å². The SMILES string of the molecule is O=C1CSc2ccc(=S)[nH]c2N1. The zero-order valence-corrected chi connectivity index (χ0v) is 7.72. The zero-order valence-electron chi connectivity index (χ0n) is 6.09. The number of nitrogens with one attached hydrogen (secondary N) is 2. The first-order valence-corrected chi connectivity index (χ1v) is 4.81. The minimum atomic E-state index is 0.0179. The van der Waals surface area contributed by atoms with Crippen LogP contribution in [0.3, 0.4) is 0 Å². The van der Waals surface area contributed by atoms with Crippen molar-refractivity contribution in [2.45, 2.75) is 4.90 Å². The molecule has 0 fully saturated rings. The smallest absolute Gasteiger partial charge is 0.235 e. The lowest BCUT2D eigenvalue weighted by molar-refractivity contribution is -0.113. The van der Waals surface area contributed by atoms with E-state index in [9.17, 15) is 4.79 Å².